The van der Waals surface area contributed by atoms with Crippen molar-refractivity contribution >= 4 is 11.0 Å². The minimum Gasteiger partial charge on any atom is -0.331 e. The summed E-state index contributed by atoms with van der Waals surface area (Å²) in [6.45, 7) is 7.67. The first-order chi connectivity index (χ1) is 8.27. The van der Waals surface area contributed by atoms with Gasteiger partial charge in [0, 0.05) is 6.54 Å². The molecule has 0 bridgehead atoms. The summed E-state index contributed by atoms with van der Waals surface area (Å²) in [7, 11) is 0. The zero-order chi connectivity index (χ0) is 12.1. The molecule has 0 atom stereocenters. The molecular formula is C14H21N3. The molecule has 17 heavy (non-hydrogen) atoms. The molecule has 0 radical (unpaired) electrons. The topological polar surface area (TPSA) is 29.9 Å². The van der Waals surface area contributed by atoms with Crippen LogP contribution in [0.15, 0.2) is 30.6 Å². The number of hydrogen-bond donors (Lipinski definition) is 1. The summed E-state index contributed by atoms with van der Waals surface area (Å²) >= 11 is 0. The van der Waals surface area contributed by atoms with E-state index in [9.17, 15) is 0 Å². The van der Waals surface area contributed by atoms with E-state index in [2.05, 4.69) is 46.9 Å². The van der Waals surface area contributed by atoms with Crippen LogP contribution in [0.25, 0.3) is 11.0 Å². The Kier molecular flexibility index (Phi) is 4.15. The highest BCUT2D eigenvalue weighted by Gasteiger charge is 2.00. The fourth-order valence-corrected chi connectivity index (χ4v) is 1.95. The Bertz CT molecular complexity index is 459. The fraction of sp³-hybridized carbons (Fsp3) is 0.500. The van der Waals surface area contributed by atoms with E-state index in [0.717, 1.165) is 37.5 Å². The monoisotopic (exact) mass is 231 g/mol. The van der Waals surface area contributed by atoms with Gasteiger partial charge in [-0.2, -0.15) is 0 Å². The number of fused-ring (bicyclic) bond motifs is 1. The normalized spacial score (nSPS) is 11.5. The summed E-state index contributed by atoms with van der Waals surface area (Å²) < 4.78 is 2.23. The SMILES string of the molecule is CC(C)CNCCCn1cnc2ccccc21. The molecule has 0 aliphatic carbocycles. The lowest BCUT2D eigenvalue weighted by Gasteiger charge is -2.08. The molecule has 0 saturated heterocycles. The van der Waals surface area contributed by atoms with E-state index < -0.39 is 0 Å². The summed E-state index contributed by atoms with van der Waals surface area (Å²) in [5, 5.41) is 3.46. The van der Waals surface area contributed by atoms with Crippen molar-refractivity contribution in [3.8, 4) is 0 Å². The lowest BCUT2D eigenvalue weighted by molar-refractivity contribution is 0.524. The number of benzene rings is 1. The molecule has 1 aromatic heterocycles. The largest absolute Gasteiger partial charge is 0.331 e. The lowest BCUT2D eigenvalue weighted by Crippen LogP contribution is -2.21. The minimum atomic E-state index is 0.726. The molecule has 3 heteroatoms. The Morgan fingerprint density at radius 2 is 2.12 bits per heavy atom. The van der Waals surface area contributed by atoms with Crippen molar-refractivity contribution in [1.29, 1.82) is 0 Å². The van der Waals surface area contributed by atoms with Gasteiger partial charge < -0.3 is 9.88 Å². The average Bonchev–Trinajstić information content (AvgIpc) is 2.72. The number of para-hydroxylation sites is 2. The van der Waals surface area contributed by atoms with Crippen molar-refractivity contribution in [2.45, 2.75) is 26.8 Å². The summed E-state index contributed by atoms with van der Waals surface area (Å²) in [4.78, 5) is 4.39. The first-order valence-corrected chi connectivity index (χ1v) is 6.38. The molecule has 92 valence electrons. The van der Waals surface area contributed by atoms with Gasteiger partial charge in [-0.3, -0.25) is 0 Å². The molecule has 0 spiro atoms. The van der Waals surface area contributed by atoms with Crippen LogP contribution in [0.5, 0.6) is 0 Å². The van der Waals surface area contributed by atoms with Gasteiger partial charge in [-0.1, -0.05) is 26.0 Å². The van der Waals surface area contributed by atoms with Gasteiger partial charge >= 0.3 is 0 Å². The molecular weight excluding hydrogens is 210 g/mol. The van der Waals surface area contributed by atoms with Crippen molar-refractivity contribution in [1.82, 2.24) is 14.9 Å². The van der Waals surface area contributed by atoms with E-state index in [0.29, 0.717) is 0 Å². The number of aryl methyl sites for hydroxylation is 1. The van der Waals surface area contributed by atoms with Crippen molar-refractivity contribution in [3.05, 3.63) is 30.6 Å². The predicted molar refractivity (Wildman–Crippen MR) is 72.1 cm³/mol. The van der Waals surface area contributed by atoms with Crippen LogP contribution in [0.2, 0.25) is 0 Å². The highest BCUT2D eigenvalue weighted by atomic mass is 15.0. The Morgan fingerprint density at radius 3 is 2.94 bits per heavy atom. The van der Waals surface area contributed by atoms with E-state index in [1.807, 2.05) is 12.4 Å². The van der Waals surface area contributed by atoms with Crippen LogP contribution in [0.3, 0.4) is 0 Å². The van der Waals surface area contributed by atoms with Crippen LogP contribution in [-0.4, -0.2) is 22.6 Å². The third-order valence-electron chi connectivity index (χ3n) is 2.83. The summed E-state index contributed by atoms with van der Waals surface area (Å²) in [5.74, 6) is 0.726. The highest BCUT2D eigenvalue weighted by molar-refractivity contribution is 5.74. The molecule has 1 N–H and O–H groups in total. The lowest BCUT2D eigenvalue weighted by atomic mass is 10.2. The number of hydrogen-bond acceptors (Lipinski definition) is 2. The molecule has 1 heterocycles. The van der Waals surface area contributed by atoms with Crippen molar-refractivity contribution < 1.29 is 0 Å². The van der Waals surface area contributed by atoms with Gasteiger partial charge in [0.05, 0.1) is 17.4 Å². The number of nitrogens with zero attached hydrogens (tertiary/aromatic N) is 2. The summed E-state index contributed by atoms with van der Waals surface area (Å²) in [6, 6.07) is 8.29. The maximum Gasteiger partial charge on any atom is 0.0958 e. The number of aromatic nitrogens is 2. The predicted octanol–water partition coefficient (Wildman–Crippen LogP) is 2.67. The highest BCUT2D eigenvalue weighted by Crippen LogP contribution is 2.11. The zero-order valence-corrected chi connectivity index (χ0v) is 10.7. The average molecular weight is 231 g/mol. The Labute approximate surface area is 103 Å². The molecule has 0 unspecified atom stereocenters. The quantitative estimate of drug-likeness (QED) is 0.775. The maximum absolute atomic E-state index is 4.39. The van der Waals surface area contributed by atoms with Gasteiger partial charge in [-0.15, -0.1) is 0 Å². The van der Waals surface area contributed by atoms with Crippen LogP contribution in [0, 0.1) is 5.92 Å². The Hall–Kier alpha value is -1.35. The van der Waals surface area contributed by atoms with E-state index in [1.54, 1.807) is 0 Å². The first-order valence-electron chi connectivity index (χ1n) is 6.38. The Balaban J connectivity index is 1.83. The van der Waals surface area contributed by atoms with E-state index in [-0.39, 0.29) is 0 Å². The van der Waals surface area contributed by atoms with Crippen molar-refractivity contribution in [3.63, 3.8) is 0 Å². The van der Waals surface area contributed by atoms with Crippen LogP contribution < -0.4 is 5.32 Å². The van der Waals surface area contributed by atoms with Crippen molar-refractivity contribution in [2.24, 2.45) is 5.92 Å². The second-order valence-corrected chi connectivity index (χ2v) is 4.88. The summed E-state index contributed by atoms with van der Waals surface area (Å²) in [5.41, 5.74) is 2.32. The van der Waals surface area contributed by atoms with Gasteiger partial charge in [-0.25, -0.2) is 4.98 Å². The molecule has 0 fully saturated rings. The maximum atomic E-state index is 4.39. The third kappa shape index (κ3) is 3.30. The number of rotatable bonds is 6. The van der Waals surface area contributed by atoms with E-state index in [4.69, 9.17) is 0 Å². The molecule has 0 aliphatic heterocycles. The van der Waals surface area contributed by atoms with Crippen molar-refractivity contribution in [2.75, 3.05) is 13.1 Å². The molecule has 0 saturated carbocycles. The molecule has 0 aliphatic rings. The van der Waals surface area contributed by atoms with Gasteiger partial charge in [0.2, 0.25) is 0 Å². The standard InChI is InChI=1S/C14H21N3/c1-12(2)10-15-8-5-9-17-11-16-13-6-3-4-7-14(13)17/h3-4,6-7,11-12,15H,5,8-10H2,1-2H3. The molecule has 2 rings (SSSR count). The summed E-state index contributed by atoms with van der Waals surface area (Å²) in [6.07, 6.45) is 3.08. The fourth-order valence-electron chi connectivity index (χ4n) is 1.95. The Morgan fingerprint density at radius 1 is 1.29 bits per heavy atom. The van der Waals surface area contributed by atoms with Crippen LogP contribution in [-0.2, 0) is 6.54 Å². The van der Waals surface area contributed by atoms with E-state index in [1.165, 1.54) is 5.52 Å². The third-order valence-corrected chi connectivity index (χ3v) is 2.83. The zero-order valence-electron chi connectivity index (χ0n) is 10.7. The molecule has 1 aromatic carbocycles. The van der Waals surface area contributed by atoms with Crippen LogP contribution >= 0.6 is 0 Å². The second-order valence-electron chi connectivity index (χ2n) is 4.88. The molecule has 3 nitrogen and oxygen atoms in total. The van der Waals surface area contributed by atoms with Crippen LogP contribution in [0.1, 0.15) is 20.3 Å². The first kappa shape index (κ1) is 12.1. The second kappa shape index (κ2) is 5.82. The number of nitrogens with one attached hydrogen (secondary N) is 1. The van der Waals surface area contributed by atoms with Gasteiger partial charge in [0.15, 0.2) is 0 Å². The van der Waals surface area contributed by atoms with E-state index >= 15 is 0 Å². The van der Waals surface area contributed by atoms with Gasteiger partial charge in [0.1, 0.15) is 0 Å². The van der Waals surface area contributed by atoms with Gasteiger partial charge in [-0.05, 0) is 37.6 Å². The minimum absolute atomic E-state index is 0.726. The molecule has 0 amide bonds. The van der Waals surface area contributed by atoms with Gasteiger partial charge in [0.25, 0.3) is 0 Å². The smallest absolute Gasteiger partial charge is 0.0958 e. The number of imidazole rings is 1. The van der Waals surface area contributed by atoms with Crippen LogP contribution in [0.4, 0.5) is 0 Å². The molecule has 2 aromatic rings.